The van der Waals surface area contributed by atoms with Gasteiger partial charge in [-0.25, -0.2) is 0 Å². The van der Waals surface area contributed by atoms with Gasteiger partial charge in [0.25, 0.3) is 0 Å². The third-order valence-corrected chi connectivity index (χ3v) is 3.50. The quantitative estimate of drug-likeness (QED) is 0.780. The normalized spacial score (nSPS) is 12.7. The molecule has 3 heteroatoms. The summed E-state index contributed by atoms with van der Waals surface area (Å²) in [7, 11) is 1.74. The van der Waals surface area contributed by atoms with Crippen molar-refractivity contribution in [1.82, 2.24) is 0 Å². The summed E-state index contributed by atoms with van der Waals surface area (Å²) in [5, 5.41) is 0. The number of methoxy groups -OCH3 is 1. The zero-order valence-electron chi connectivity index (χ0n) is 9.79. The Hall–Kier alpha value is -0.380. The lowest BCUT2D eigenvalue weighted by Crippen LogP contribution is -2.13. The highest BCUT2D eigenvalue weighted by atomic mass is 79.9. The van der Waals surface area contributed by atoms with Crippen molar-refractivity contribution in [2.24, 2.45) is 5.73 Å². The largest absolute Gasteiger partial charge is 0.385 e. The first kappa shape index (κ1) is 13.7. The van der Waals surface area contributed by atoms with Gasteiger partial charge in [-0.2, -0.15) is 0 Å². The molecule has 16 heavy (non-hydrogen) atoms. The summed E-state index contributed by atoms with van der Waals surface area (Å²) >= 11 is 3.58. The average molecular weight is 286 g/mol. The number of ether oxygens (including phenoxy) is 1. The van der Waals surface area contributed by atoms with Gasteiger partial charge in [-0.05, 0) is 36.9 Å². The molecule has 0 spiro atoms. The van der Waals surface area contributed by atoms with Crippen LogP contribution in [0.25, 0.3) is 0 Å². The average Bonchev–Trinajstić information content (AvgIpc) is 2.31. The van der Waals surface area contributed by atoms with Crippen LogP contribution in [0.5, 0.6) is 0 Å². The van der Waals surface area contributed by atoms with Crippen molar-refractivity contribution in [3.8, 4) is 0 Å². The minimum Gasteiger partial charge on any atom is -0.385 e. The molecule has 0 bridgehead atoms. The van der Waals surface area contributed by atoms with Crippen LogP contribution in [0, 0.1) is 0 Å². The van der Waals surface area contributed by atoms with Gasteiger partial charge in [0.15, 0.2) is 0 Å². The number of halogens is 1. The Balaban J connectivity index is 2.51. The van der Waals surface area contributed by atoms with Gasteiger partial charge >= 0.3 is 0 Å². The molecule has 0 heterocycles. The van der Waals surface area contributed by atoms with Crippen molar-refractivity contribution in [3.63, 3.8) is 0 Å². The number of hydrogen-bond donors (Lipinski definition) is 1. The standard InChI is InChI=1S/C13H20BrNO/c1-16-9-5-4-6-11(10-15)12-7-2-3-8-13(12)14/h2-3,7-8,11H,4-6,9-10,15H2,1H3. The fraction of sp³-hybridized carbons (Fsp3) is 0.538. The number of hydrogen-bond acceptors (Lipinski definition) is 2. The molecule has 0 aliphatic carbocycles. The first-order valence-electron chi connectivity index (χ1n) is 5.73. The summed E-state index contributed by atoms with van der Waals surface area (Å²) < 4.78 is 6.21. The number of benzene rings is 1. The third kappa shape index (κ3) is 4.24. The Morgan fingerprint density at radius 2 is 2.06 bits per heavy atom. The summed E-state index contributed by atoms with van der Waals surface area (Å²) in [6.45, 7) is 1.54. The van der Waals surface area contributed by atoms with Gasteiger partial charge in [-0.1, -0.05) is 40.5 Å². The summed E-state index contributed by atoms with van der Waals surface area (Å²) in [6.07, 6.45) is 3.40. The highest BCUT2D eigenvalue weighted by Gasteiger charge is 2.11. The van der Waals surface area contributed by atoms with Gasteiger partial charge in [-0.15, -0.1) is 0 Å². The van der Waals surface area contributed by atoms with Crippen molar-refractivity contribution in [2.75, 3.05) is 20.3 Å². The van der Waals surface area contributed by atoms with Crippen molar-refractivity contribution in [1.29, 1.82) is 0 Å². The van der Waals surface area contributed by atoms with E-state index in [1.54, 1.807) is 7.11 Å². The summed E-state index contributed by atoms with van der Waals surface area (Å²) in [4.78, 5) is 0. The van der Waals surface area contributed by atoms with Crippen molar-refractivity contribution in [3.05, 3.63) is 34.3 Å². The molecule has 1 unspecified atom stereocenters. The van der Waals surface area contributed by atoms with Crippen LogP contribution in [0.3, 0.4) is 0 Å². The van der Waals surface area contributed by atoms with Crippen molar-refractivity contribution >= 4 is 15.9 Å². The first-order valence-corrected chi connectivity index (χ1v) is 6.52. The number of nitrogens with two attached hydrogens (primary N) is 1. The van der Waals surface area contributed by atoms with Crippen LogP contribution in [0.4, 0.5) is 0 Å². The number of unbranched alkanes of at least 4 members (excludes halogenated alkanes) is 1. The molecule has 2 N–H and O–H groups in total. The van der Waals surface area contributed by atoms with E-state index < -0.39 is 0 Å². The molecule has 0 fully saturated rings. The maximum absolute atomic E-state index is 5.84. The Labute approximate surface area is 106 Å². The lowest BCUT2D eigenvalue weighted by molar-refractivity contribution is 0.191. The number of rotatable bonds is 7. The van der Waals surface area contributed by atoms with E-state index in [4.69, 9.17) is 10.5 Å². The van der Waals surface area contributed by atoms with E-state index >= 15 is 0 Å². The molecule has 1 aromatic carbocycles. The van der Waals surface area contributed by atoms with E-state index in [9.17, 15) is 0 Å². The molecule has 0 saturated heterocycles. The van der Waals surface area contributed by atoms with Crippen LogP contribution >= 0.6 is 15.9 Å². The van der Waals surface area contributed by atoms with Gasteiger partial charge < -0.3 is 10.5 Å². The first-order chi connectivity index (χ1) is 7.79. The van der Waals surface area contributed by atoms with Crippen LogP contribution in [-0.4, -0.2) is 20.3 Å². The minimum absolute atomic E-state index is 0.451. The summed E-state index contributed by atoms with van der Waals surface area (Å²) in [5.74, 6) is 0.451. The molecule has 1 atom stereocenters. The highest BCUT2D eigenvalue weighted by molar-refractivity contribution is 9.10. The molecular formula is C13H20BrNO. The Morgan fingerprint density at radius 1 is 1.31 bits per heavy atom. The zero-order chi connectivity index (χ0) is 11.8. The summed E-state index contributed by atoms with van der Waals surface area (Å²) in [5.41, 5.74) is 7.16. The van der Waals surface area contributed by atoms with Gasteiger partial charge in [0, 0.05) is 18.2 Å². The van der Waals surface area contributed by atoms with E-state index in [1.807, 2.05) is 6.07 Å². The van der Waals surface area contributed by atoms with Gasteiger partial charge in [-0.3, -0.25) is 0 Å². The molecule has 0 radical (unpaired) electrons. The molecule has 1 rings (SSSR count). The monoisotopic (exact) mass is 285 g/mol. The highest BCUT2D eigenvalue weighted by Crippen LogP contribution is 2.27. The zero-order valence-corrected chi connectivity index (χ0v) is 11.4. The Kier molecular flexibility index (Phi) is 6.69. The van der Waals surface area contributed by atoms with Crippen LogP contribution in [-0.2, 0) is 4.74 Å². The van der Waals surface area contributed by atoms with Crippen LogP contribution < -0.4 is 5.73 Å². The maximum Gasteiger partial charge on any atom is 0.0462 e. The molecule has 1 aromatic rings. The fourth-order valence-corrected chi connectivity index (χ4v) is 2.45. The van der Waals surface area contributed by atoms with E-state index in [1.165, 1.54) is 5.56 Å². The summed E-state index contributed by atoms with van der Waals surface area (Å²) in [6, 6.07) is 8.33. The van der Waals surface area contributed by atoms with Crippen molar-refractivity contribution < 1.29 is 4.74 Å². The SMILES string of the molecule is COCCCCC(CN)c1ccccc1Br. The van der Waals surface area contributed by atoms with Crippen LogP contribution in [0.2, 0.25) is 0 Å². The predicted octanol–water partition coefficient (Wildman–Crippen LogP) is 3.31. The molecular weight excluding hydrogens is 266 g/mol. The maximum atomic E-state index is 5.84. The van der Waals surface area contributed by atoms with Gasteiger partial charge in [0.1, 0.15) is 0 Å². The predicted molar refractivity (Wildman–Crippen MR) is 71.7 cm³/mol. The van der Waals surface area contributed by atoms with E-state index in [0.29, 0.717) is 12.5 Å². The van der Waals surface area contributed by atoms with Crippen LogP contribution in [0.15, 0.2) is 28.7 Å². The molecule has 0 saturated carbocycles. The molecule has 90 valence electrons. The topological polar surface area (TPSA) is 35.2 Å². The second-order valence-electron chi connectivity index (χ2n) is 3.94. The fourth-order valence-electron chi connectivity index (χ4n) is 1.84. The second-order valence-corrected chi connectivity index (χ2v) is 4.80. The lowest BCUT2D eigenvalue weighted by Gasteiger charge is -2.16. The Morgan fingerprint density at radius 3 is 2.69 bits per heavy atom. The van der Waals surface area contributed by atoms with Crippen LogP contribution in [0.1, 0.15) is 30.7 Å². The lowest BCUT2D eigenvalue weighted by atomic mass is 9.94. The van der Waals surface area contributed by atoms with Gasteiger partial charge in [0.2, 0.25) is 0 Å². The molecule has 0 aromatic heterocycles. The van der Waals surface area contributed by atoms with Gasteiger partial charge in [0.05, 0.1) is 0 Å². The second kappa shape index (κ2) is 7.82. The molecule has 0 amide bonds. The molecule has 2 nitrogen and oxygen atoms in total. The van der Waals surface area contributed by atoms with E-state index in [0.717, 1.165) is 30.3 Å². The van der Waals surface area contributed by atoms with E-state index in [-0.39, 0.29) is 0 Å². The molecule has 0 aliphatic rings. The Bertz CT molecular complexity index is 304. The minimum atomic E-state index is 0.451. The smallest absolute Gasteiger partial charge is 0.0462 e. The molecule has 0 aliphatic heterocycles. The van der Waals surface area contributed by atoms with E-state index in [2.05, 4.69) is 34.1 Å². The van der Waals surface area contributed by atoms with Crippen molar-refractivity contribution in [2.45, 2.75) is 25.2 Å². The third-order valence-electron chi connectivity index (χ3n) is 2.78.